The van der Waals surface area contributed by atoms with Gasteiger partial charge in [0, 0.05) is 29.9 Å². The molecular formula is C28H21FN6O5S. The quantitative estimate of drug-likeness (QED) is 0.256. The number of benzene rings is 1. The Labute approximate surface area is 235 Å². The number of fused-ring (bicyclic) bond motifs is 1. The van der Waals surface area contributed by atoms with Crippen LogP contribution in [0.25, 0.3) is 26.4 Å². The summed E-state index contributed by atoms with van der Waals surface area (Å²) in [6.07, 6.45) is 2.41. The number of hydrogen-bond acceptors (Lipinski definition) is 8. The summed E-state index contributed by atoms with van der Waals surface area (Å²) in [6.45, 7) is 8.16. The zero-order chi connectivity index (χ0) is 28.5. The molecule has 0 saturated carbocycles. The third kappa shape index (κ3) is 5.43. The van der Waals surface area contributed by atoms with Gasteiger partial charge in [0.15, 0.2) is 5.69 Å². The smallest absolute Gasteiger partial charge is 0.346 e. The van der Waals surface area contributed by atoms with Gasteiger partial charge in [0.1, 0.15) is 34.5 Å². The van der Waals surface area contributed by atoms with Crippen molar-refractivity contribution in [2.45, 2.75) is 32.2 Å². The minimum Gasteiger partial charge on any atom is -0.477 e. The highest BCUT2D eigenvalue weighted by Crippen LogP contribution is 2.28. The van der Waals surface area contributed by atoms with Crippen LogP contribution in [0.5, 0.6) is 5.88 Å². The second kappa shape index (κ2) is 10.9. The van der Waals surface area contributed by atoms with Gasteiger partial charge in [-0.1, -0.05) is 18.2 Å². The number of rotatable bonds is 9. The Morgan fingerprint density at radius 1 is 1.24 bits per heavy atom. The van der Waals surface area contributed by atoms with Crippen molar-refractivity contribution in [1.82, 2.24) is 24.3 Å². The first-order valence-corrected chi connectivity index (χ1v) is 13.4. The first kappa shape index (κ1) is 26.3. The number of aromatic carboxylic acids is 1. The van der Waals surface area contributed by atoms with Crippen molar-refractivity contribution in [2.75, 3.05) is 6.61 Å². The summed E-state index contributed by atoms with van der Waals surface area (Å²) in [7, 11) is 0. The summed E-state index contributed by atoms with van der Waals surface area (Å²) in [5.41, 5.74) is 1.73. The first-order valence-electron chi connectivity index (χ1n) is 12.5. The van der Waals surface area contributed by atoms with Crippen molar-refractivity contribution in [1.29, 1.82) is 0 Å². The third-order valence-electron chi connectivity index (χ3n) is 6.64. The lowest BCUT2D eigenvalue weighted by molar-refractivity contribution is -0.0590. The van der Waals surface area contributed by atoms with Gasteiger partial charge in [0.25, 0.3) is 5.56 Å². The van der Waals surface area contributed by atoms with Gasteiger partial charge in [-0.05, 0) is 24.6 Å². The predicted molar refractivity (Wildman–Crippen MR) is 147 cm³/mol. The molecule has 11 nitrogen and oxygen atoms in total. The van der Waals surface area contributed by atoms with Gasteiger partial charge < -0.3 is 19.1 Å². The van der Waals surface area contributed by atoms with Crippen LogP contribution in [-0.4, -0.2) is 48.1 Å². The molecular weight excluding hydrogens is 551 g/mol. The molecule has 1 saturated heterocycles. The fraction of sp³-hybridized carbons (Fsp3) is 0.214. The fourth-order valence-electron chi connectivity index (χ4n) is 4.38. The van der Waals surface area contributed by atoms with Crippen molar-refractivity contribution in [3.05, 3.63) is 98.6 Å². The van der Waals surface area contributed by atoms with E-state index in [-0.39, 0.29) is 46.8 Å². The number of ether oxygens (including phenoxy) is 2. The highest BCUT2D eigenvalue weighted by atomic mass is 32.1. The summed E-state index contributed by atoms with van der Waals surface area (Å²) in [5, 5.41) is 13.7. The number of hydrogen-bond donors (Lipinski definition) is 1. The number of aromatic nitrogens is 5. The average Bonchev–Trinajstić information content (AvgIpc) is 3.49. The highest BCUT2D eigenvalue weighted by Gasteiger charge is 2.24. The van der Waals surface area contributed by atoms with Crippen LogP contribution < -0.4 is 10.3 Å². The van der Waals surface area contributed by atoms with Crippen molar-refractivity contribution >= 4 is 33.3 Å². The molecule has 0 spiro atoms. The Morgan fingerprint density at radius 2 is 2.10 bits per heavy atom. The van der Waals surface area contributed by atoms with Gasteiger partial charge in [-0.2, -0.15) is 5.10 Å². The Balaban J connectivity index is 1.21. The second-order valence-corrected chi connectivity index (χ2v) is 10.3. The number of nitrogens with zero attached hydrogens (tertiary/aromatic N) is 6. The number of pyridine rings is 1. The van der Waals surface area contributed by atoms with E-state index in [0.717, 1.165) is 23.8 Å². The van der Waals surface area contributed by atoms with E-state index in [1.807, 2.05) is 4.57 Å². The molecule has 1 N–H and O–H groups in total. The highest BCUT2D eigenvalue weighted by molar-refractivity contribution is 7.20. The predicted octanol–water partition coefficient (Wildman–Crippen LogP) is 4.52. The maximum atomic E-state index is 14.2. The Morgan fingerprint density at radius 3 is 2.80 bits per heavy atom. The average molecular weight is 573 g/mol. The van der Waals surface area contributed by atoms with Crippen LogP contribution in [0.15, 0.2) is 59.5 Å². The molecule has 1 atom stereocenters. The number of halogens is 1. The van der Waals surface area contributed by atoms with E-state index in [0.29, 0.717) is 40.6 Å². The normalized spacial score (nSPS) is 14.5. The van der Waals surface area contributed by atoms with E-state index in [2.05, 4.69) is 19.9 Å². The zero-order valence-electron chi connectivity index (χ0n) is 21.4. The number of carboxylic acid groups (broad SMARTS) is 1. The van der Waals surface area contributed by atoms with E-state index in [1.165, 1.54) is 29.1 Å². The number of carbonyl (C=O) groups is 1. The lowest BCUT2D eigenvalue weighted by atomic mass is 10.2. The molecule has 0 amide bonds. The van der Waals surface area contributed by atoms with Crippen LogP contribution in [0.4, 0.5) is 10.1 Å². The molecule has 5 heterocycles. The summed E-state index contributed by atoms with van der Waals surface area (Å²) in [5.74, 6) is -0.738. The second-order valence-electron chi connectivity index (χ2n) is 9.30. The van der Waals surface area contributed by atoms with Gasteiger partial charge in [-0.15, -0.1) is 11.3 Å². The SMILES string of the molecule is [C-]#[N+]c1ccc(COc2cccc(-c3cnn(Cc4nc5sc(C(=O)O)cc5n4C[C@@H]4CCO4)c(=O)c3)n2)c(F)c1. The standard InChI is InChI=1S/C28H21FN6O5S/c1-30-18-6-5-16(20(29)10-18)15-40-25-4-2-3-21(32-25)17-9-26(36)35(31-12-17)14-24-33-27-22(11-23(41-27)28(37)38)34(24)13-19-7-8-39-19/h2-6,9-12,19H,7-8,13-15H2,(H,37,38)/t19-/m0/s1. The molecule has 206 valence electrons. The summed E-state index contributed by atoms with van der Waals surface area (Å²) >= 11 is 1.08. The number of imidazole rings is 1. The van der Waals surface area contributed by atoms with E-state index in [4.69, 9.17) is 16.0 Å². The third-order valence-corrected chi connectivity index (χ3v) is 7.64. The largest absolute Gasteiger partial charge is 0.477 e. The minimum absolute atomic E-state index is 0.00145. The molecule has 1 fully saturated rings. The fourth-order valence-corrected chi connectivity index (χ4v) is 5.27. The molecule has 5 aromatic rings. The van der Waals surface area contributed by atoms with Gasteiger partial charge in [-0.25, -0.2) is 28.7 Å². The lowest BCUT2D eigenvalue weighted by Crippen LogP contribution is -2.32. The van der Waals surface area contributed by atoms with Gasteiger partial charge in [-0.3, -0.25) is 4.79 Å². The van der Waals surface area contributed by atoms with Crippen molar-refractivity contribution in [2.24, 2.45) is 0 Å². The van der Waals surface area contributed by atoms with Crippen LogP contribution >= 0.6 is 11.3 Å². The topological polar surface area (TPSA) is 126 Å². The summed E-state index contributed by atoms with van der Waals surface area (Å²) in [6, 6.07) is 12.2. The molecule has 1 aliphatic rings. The zero-order valence-corrected chi connectivity index (χ0v) is 22.2. The van der Waals surface area contributed by atoms with E-state index in [1.54, 1.807) is 24.3 Å². The molecule has 0 aliphatic carbocycles. The van der Waals surface area contributed by atoms with Gasteiger partial charge >= 0.3 is 5.97 Å². The molecule has 1 aliphatic heterocycles. The van der Waals surface area contributed by atoms with Crippen molar-refractivity contribution < 1.29 is 23.8 Å². The monoisotopic (exact) mass is 572 g/mol. The molecule has 13 heteroatoms. The molecule has 6 rings (SSSR count). The van der Waals surface area contributed by atoms with Crippen LogP contribution in [0.2, 0.25) is 0 Å². The van der Waals surface area contributed by atoms with Gasteiger partial charge in [0.05, 0.1) is 36.6 Å². The molecule has 4 aromatic heterocycles. The Kier molecular flexibility index (Phi) is 7.00. The van der Waals surface area contributed by atoms with E-state index >= 15 is 0 Å². The summed E-state index contributed by atoms with van der Waals surface area (Å²) in [4.78, 5) is 37.5. The van der Waals surface area contributed by atoms with Crippen LogP contribution in [0, 0.1) is 12.4 Å². The maximum Gasteiger partial charge on any atom is 0.346 e. The molecule has 1 aromatic carbocycles. The van der Waals surface area contributed by atoms with Gasteiger partial charge in [0.2, 0.25) is 5.88 Å². The minimum atomic E-state index is -1.01. The Hall–Kier alpha value is -4.93. The van der Waals surface area contributed by atoms with Crippen LogP contribution in [0.3, 0.4) is 0 Å². The van der Waals surface area contributed by atoms with Crippen molar-refractivity contribution in [3.63, 3.8) is 0 Å². The lowest BCUT2D eigenvalue weighted by Gasteiger charge is -2.27. The number of carboxylic acids is 1. The Bertz CT molecular complexity index is 1890. The maximum absolute atomic E-state index is 14.2. The molecule has 0 unspecified atom stereocenters. The van der Waals surface area contributed by atoms with Crippen molar-refractivity contribution in [3.8, 4) is 17.1 Å². The van der Waals surface area contributed by atoms with Crippen LogP contribution in [-0.2, 0) is 24.4 Å². The molecule has 41 heavy (non-hydrogen) atoms. The molecule has 0 bridgehead atoms. The molecule has 0 radical (unpaired) electrons. The van der Waals surface area contributed by atoms with Crippen LogP contribution in [0.1, 0.15) is 27.5 Å². The van der Waals surface area contributed by atoms with E-state index in [9.17, 15) is 19.1 Å². The first-order chi connectivity index (χ1) is 19.9. The number of thiophene rings is 1. The summed E-state index contributed by atoms with van der Waals surface area (Å²) < 4.78 is 28.6. The van der Waals surface area contributed by atoms with E-state index < -0.39 is 11.8 Å².